The number of nitrogens with one attached hydrogen (secondary N) is 1. The molecule has 0 spiro atoms. The van der Waals surface area contributed by atoms with E-state index >= 15 is 0 Å². The van der Waals surface area contributed by atoms with Crippen molar-refractivity contribution in [2.75, 3.05) is 17.7 Å². The number of anilines is 2. The van der Waals surface area contributed by atoms with E-state index in [1.807, 2.05) is 6.92 Å². The number of rotatable bonds is 5. The van der Waals surface area contributed by atoms with Gasteiger partial charge in [0.05, 0.1) is 10.6 Å². The molecule has 0 atom stereocenters. The van der Waals surface area contributed by atoms with Crippen molar-refractivity contribution in [3.8, 4) is 0 Å². The van der Waals surface area contributed by atoms with Crippen molar-refractivity contribution in [3.63, 3.8) is 0 Å². The van der Waals surface area contributed by atoms with Gasteiger partial charge in [-0.25, -0.2) is 4.79 Å². The Labute approximate surface area is 154 Å². The van der Waals surface area contributed by atoms with Crippen molar-refractivity contribution in [1.29, 1.82) is 0 Å². The van der Waals surface area contributed by atoms with E-state index in [0.717, 1.165) is 11.3 Å². The summed E-state index contributed by atoms with van der Waals surface area (Å²) in [6.07, 6.45) is 1.54. The Morgan fingerprint density at radius 1 is 1.32 bits per heavy atom. The quantitative estimate of drug-likeness (QED) is 0.826. The van der Waals surface area contributed by atoms with E-state index in [0.29, 0.717) is 18.0 Å². The van der Waals surface area contributed by atoms with Crippen LogP contribution >= 0.6 is 23.2 Å². The number of halogens is 2. The number of nitrogens with two attached hydrogens (primary N) is 1. The van der Waals surface area contributed by atoms with Gasteiger partial charge in [0, 0.05) is 18.6 Å². The molecule has 1 heterocycles. The van der Waals surface area contributed by atoms with Crippen LogP contribution in [0.3, 0.4) is 0 Å². The molecule has 0 saturated carbocycles. The Balaban J connectivity index is 2.53. The summed E-state index contributed by atoms with van der Waals surface area (Å²) in [5, 5.41) is 0.520. The normalized spacial score (nSPS) is 10.7. The minimum atomic E-state index is -0.746. The fraction of sp³-hybridized carbons (Fsp3) is 0.312. The van der Waals surface area contributed by atoms with Crippen molar-refractivity contribution in [1.82, 2.24) is 9.55 Å². The lowest BCUT2D eigenvalue weighted by molar-refractivity contribution is 0.0993. The SMILES string of the molecule is CCCCn1c(N)c(N(C)C(=O)c2cc(Cl)ccc2Cl)c(=O)[nH]c1=O. The summed E-state index contributed by atoms with van der Waals surface area (Å²) in [5.41, 5.74) is 4.66. The highest BCUT2D eigenvalue weighted by Gasteiger charge is 2.23. The van der Waals surface area contributed by atoms with Gasteiger partial charge in [0.1, 0.15) is 5.82 Å². The second kappa shape index (κ2) is 7.76. The lowest BCUT2D eigenvalue weighted by atomic mass is 10.2. The van der Waals surface area contributed by atoms with Crippen LogP contribution < -0.4 is 21.9 Å². The molecular formula is C16H18Cl2N4O3. The number of amides is 1. The third-order valence-corrected chi connectivity index (χ3v) is 4.31. The smallest absolute Gasteiger partial charge is 0.330 e. The summed E-state index contributed by atoms with van der Waals surface area (Å²) in [6, 6.07) is 4.44. The summed E-state index contributed by atoms with van der Waals surface area (Å²) >= 11 is 12.0. The van der Waals surface area contributed by atoms with Gasteiger partial charge in [0.15, 0.2) is 5.69 Å². The fourth-order valence-corrected chi connectivity index (χ4v) is 2.75. The van der Waals surface area contributed by atoms with Gasteiger partial charge in [-0.1, -0.05) is 36.5 Å². The minimum Gasteiger partial charge on any atom is -0.383 e. The van der Waals surface area contributed by atoms with Gasteiger partial charge < -0.3 is 10.6 Å². The molecular weight excluding hydrogens is 367 g/mol. The summed E-state index contributed by atoms with van der Waals surface area (Å²) in [6.45, 7) is 2.30. The molecule has 2 aromatic rings. The van der Waals surface area contributed by atoms with E-state index in [2.05, 4.69) is 4.98 Å². The lowest BCUT2D eigenvalue weighted by Gasteiger charge is -2.21. The van der Waals surface area contributed by atoms with Crippen LogP contribution in [0.15, 0.2) is 27.8 Å². The van der Waals surface area contributed by atoms with Crippen molar-refractivity contribution in [2.24, 2.45) is 0 Å². The molecule has 9 heteroatoms. The first kappa shape index (κ1) is 19.1. The average molecular weight is 385 g/mol. The standard InChI is InChI=1S/C16H18Cl2N4O3/c1-3-4-7-22-13(19)12(14(23)20-16(22)25)21(2)15(24)10-8-9(17)5-6-11(10)18/h5-6,8H,3-4,7,19H2,1-2H3,(H,20,23,25). The first-order valence-electron chi connectivity index (χ1n) is 7.63. The van der Waals surface area contributed by atoms with Crippen LogP contribution in [-0.4, -0.2) is 22.5 Å². The number of carbonyl (C=O) groups is 1. The van der Waals surface area contributed by atoms with Gasteiger partial charge in [-0.15, -0.1) is 0 Å². The van der Waals surface area contributed by atoms with Gasteiger partial charge in [-0.2, -0.15) is 0 Å². The van der Waals surface area contributed by atoms with E-state index in [-0.39, 0.29) is 22.1 Å². The van der Waals surface area contributed by atoms with E-state index in [4.69, 9.17) is 28.9 Å². The summed E-state index contributed by atoms with van der Waals surface area (Å²) in [4.78, 5) is 40.2. The van der Waals surface area contributed by atoms with Crippen LogP contribution in [0.5, 0.6) is 0 Å². The third kappa shape index (κ3) is 3.88. The largest absolute Gasteiger partial charge is 0.383 e. The van der Waals surface area contributed by atoms with Gasteiger partial charge in [0.25, 0.3) is 11.5 Å². The highest BCUT2D eigenvalue weighted by molar-refractivity contribution is 6.36. The molecule has 1 aromatic heterocycles. The van der Waals surface area contributed by atoms with Crippen molar-refractivity contribution in [2.45, 2.75) is 26.3 Å². The van der Waals surface area contributed by atoms with Gasteiger partial charge in [-0.05, 0) is 24.6 Å². The van der Waals surface area contributed by atoms with Crippen LogP contribution in [-0.2, 0) is 6.54 Å². The summed E-state index contributed by atoms with van der Waals surface area (Å²) in [5.74, 6) is -0.637. The lowest BCUT2D eigenvalue weighted by Crippen LogP contribution is -2.39. The molecule has 3 N–H and O–H groups in total. The fourth-order valence-electron chi connectivity index (χ4n) is 2.38. The molecule has 1 amide bonds. The van der Waals surface area contributed by atoms with Crippen LogP contribution in [0.2, 0.25) is 10.0 Å². The number of H-pyrrole nitrogens is 1. The maximum atomic E-state index is 12.7. The topological polar surface area (TPSA) is 101 Å². The Morgan fingerprint density at radius 2 is 2.00 bits per heavy atom. The van der Waals surface area contributed by atoms with Crippen LogP contribution in [0, 0.1) is 0 Å². The molecule has 0 bridgehead atoms. The molecule has 7 nitrogen and oxygen atoms in total. The van der Waals surface area contributed by atoms with E-state index in [1.54, 1.807) is 6.07 Å². The molecule has 0 unspecified atom stereocenters. The van der Waals surface area contributed by atoms with E-state index < -0.39 is 17.2 Å². The number of nitrogen functional groups attached to an aromatic ring is 1. The zero-order valence-corrected chi connectivity index (χ0v) is 15.3. The molecule has 0 aliphatic rings. The molecule has 0 radical (unpaired) electrons. The number of aromatic amines is 1. The predicted octanol–water partition coefficient (Wildman–Crippen LogP) is 2.50. The molecule has 25 heavy (non-hydrogen) atoms. The Bertz CT molecular complexity index is 921. The number of unbranched alkanes of at least 4 members (excludes halogenated alkanes) is 1. The second-order valence-electron chi connectivity index (χ2n) is 5.49. The maximum absolute atomic E-state index is 12.7. The van der Waals surface area contributed by atoms with Gasteiger partial charge >= 0.3 is 5.69 Å². The third-order valence-electron chi connectivity index (χ3n) is 3.75. The first-order valence-corrected chi connectivity index (χ1v) is 8.39. The minimum absolute atomic E-state index is 0.0730. The van der Waals surface area contributed by atoms with E-state index in [1.165, 1.54) is 23.7 Å². The van der Waals surface area contributed by atoms with Crippen molar-refractivity contribution < 1.29 is 4.79 Å². The maximum Gasteiger partial charge on any atom is 0.330 e. The second-order valence-corrected chi connectivity index (χ2v) is 6.33. The molecule has 0 saturated heterocycles. The van der Waals surface area contributed by atoms with Crippen LogP contribution in [0.25, 0.3) is 0 Å². The molecule has 134 valence electrons. The number of benzene rings is 1. The highest BCUT2D eigenvalue weighted by Crippen LogP contribution is 2.24. The number of hydrogen-bond donors (Lipinski definition) is 2. The number of nitrogens with zero attached hydrogens (tertiary/aromatic N) is 2. The Hall–Kier alpha value is -2.25. The Morgan fingerprint density at radius 3 is 2.64 bits per heavy atom. The number of aromatic nitrogens is 2. The molecule has 0 aliphatic carbocycles. The molecule has 0 aliphatic heterocycles. The van der Waals surface area contributed by atoms with Crippen LogP contribution in [0.4, 0.5) is 11.5 Å². The summed E-state index contributed by atoms with van der Waals surface area (Å²) in [7, 11) is 1.38. The number of carbonyl (C=O) groups excluding carboxylic acids is 1. The van der Waals surface area contributed by atoms with Crippen LogP contribution in [0.1, 0.15) is 30.1 Å². The predicted molar refractivity (Wildman–Crippen MR) is 99.8 cm³/mol. The average Bonchev–Trinajstić information content (AvgIpc) is 2.55. The van der Waals surface area contributed by atoms with E-state index in [9.17, 15) is 14.4 Å². The zero-order valence-electron chi connectivity index (χ0n) is 13.8. The zero-order chi connectivity index (χ0) is 18.7. The van der Waals surface area contributed by atoms with Gasteiger partial charge in [-0.3, -0.25) is 19.1 Å². The molecule has 1 aromatic carbocycles. The molecule has 2 rings (SSSR count). The monoisotopic (exact) mass is 384 g/mol. The van der Waals surface area contributed by atoms with Gasteiger partial charge in [0.2, 0.25) is 0 Å². The number of hydrogen-bond acceptors (Lipinski definition) is 4. The van der Waals surface area contributed by atoms with Crippen molar-refractivity contribution >= 4 is 40.6 Å². The first-order chi connectivity index (χ1) is 11.8. The Kier molecular flexibility index (Phi) is 5.92. The summed E-state index contributed by atoms with van der Waals surface area (Å²) < 4.78 is 1.24. The van der Waals surface area contributed by atoms with Crippen molar-refractivity contribution in [3.05, 3.63) is 54.6 Å². The highest BCUT2D eigenvalue weighted by atomic mass is 35.5. The molecule has 0 fully saturated rings.